The van der Waals surface area contributed by atoms with Gasteiger partial charge >= 0.3 is 0 Å². The van der Waals surface area contributed by atoms with Gasteiger partial charge in [-0.05, 0) is 25.7 Å². The average molecular weight is 415 g/mol. The van der Waals surface area contributed by atoms with E-state index in [9.17, 15) is 10.2 Å². The zero-order valence-corrected chi connectivity index (χ0v) is 18.6. The van der Waals surface area contributed by atoms with Crippen molar-refractivity contribution in [3.05, 3.63) is 12.2 Å². The van der Waals surface area contributed by atoms with E-state index in [1.165, 1.54) is 70.6 Å². The third-order valence-corrected chi connectivity index (χ3v) is 5.77. The summed E-state index contributed by atoms with van der Waals surface area (Å²) in [7, 11) is 0. The Morgan fingerprint density at radius 1 is 0.793 bits per heavy atom. The Hall–Kier alpha value is -0.460. The lowest BCUT2D eigenvalue weighted by atomic mass is 10.0. The summed E-state index contributed by atoms with van der Waals surface area (Å²) in [6.07, 6.45) is 19.3. The minimum Gasteiger partial charge on any atom is -0.394 e. The van der Waals surface area contributed by atoms with E-state index in [0.29, 0.717) is 6.61 Å². The van der Waals surface area contributed by atoms with E-state index >= 15 is 0 Å². The van der Waals surface area contributed by atoms with Crippen LogP contribution in [0.3, 0.4) is 0 Å². The predicted molar refractivity (Wildman–Crippen MR) is 118 cm³/mol. The number of hydrogen-bond donors (Lipinski definition) is 3. The summed E-state index contributed by atoms with van der Waals surface area (Å²) in [6.45, 7) is 2.70. The van der Waals surface area contributed by atoms with Crippen LogP contribution in [0.5, 0.6) is 0 Å². The molecular weight excluding hydrogens is 368 g/mol. The van der Waals surface area contributed by atoms with Crippen molar-refractivity contribution in [3.8, 4) is 0 Å². The summed E-state index contributed by atoms with van der Waals surface area (Å²) in [5.74, 6) is 0. The number of hydrogen-bond acceptors (Lipinski definition) is 5. The largest absolute Gasteiger partial charge is 0.394 e. The average Bonchev–Trinajstić information content (AvgIpc) is 2.73. The Balaban J connectivity index is 1.81. The molecule has 1 aliphatic rings. The van der Waals surface area contributed by atoms with Crippen molar-refractivity contribution in [2.24, 2.45) is 0 Å². The highest BCUT2D eigenvalue weighted by Crippen LogP contribution is 2.18. The minimum absolute atomic E-state index is 0.222. The number of allylic oxidation sites excluding steroid dienone is 2. The summed E-state index contributed by atoms with van der Waals surface area (Å²) in [5.41, 5.74) is 0. The van der Waals surface area contributed by atoms with Gasteiger partial charge in [-0.15, -0.1) is 0 Å². The van der Waals surface area contributed by atoms with E-state index in [2.05, 4.69) is 19.1 Å². The maximum Gasteiger partial charge on any atom is 0.111 e. The van der Waals surface area contributed by atoms with Crippen molar-refractivity contribution in [1.29, 1.82) is 0 Å². The van der Waals surface area contributed by atoms with Crippen molar-refractivity contribution < 1.29 is 24.8 Å². The van der Waals surface area contributed by atoms with E-state index < -0.39 is 24.4 Å². The lowest BCUT2D eigenvalue weighted by Crippen LogP contribution is -2.55. The normalized spacial score (nSPS) is 25.1. The molecule has 3 N–H and O–H groups in total. The van der Waals surface area contributed by atoms with E-state index in [0.717, 1.165) is 19.3 Å². The van der Waals surface area contributed by atoms with Gasteiger partial charge in [-0.25, -0.2) is 0 Å². The summed E-state index contributed by atoms with van der Waals surface area (Å²) in [5, 5.41) is 28.9. The quantitative estimate of drug-likeness (QED) is 0.227. The second-order valence-electron chi connectivity index (χ2n) is 8.36. The van der Waals surface area contributed by atoms with Gasteiger partial charge in [-0.2, -0.15) is 0 Å². The minimum atomic E-state index is -1.08. The molecule has 4 atom stereocenters. The molecule has 0 amide bonds. The summed E-state index contributed by atoms with van der Waals surface area (Å²) >= 11 is 0. The Labute approximate surface area is 178 Å². The molecule has 0 aromatic rings. The van der Waals surface area contributed by atoms with Crippen LogP contribution in [-0.4, -0.2) is 59.6 Å². The SMILES string of the molecule is CC/C=C/CCCCCCCCCCCCCCO[C@H]1CO[C@H](CO)[C@@H](O)[C@@H]1O. The van der Waals surface area contributed by atoms with Crippen molar-refractivity contribution in [3.63, 3.8) is 0 Å². The first-order chi connectivity index (χ1) is 14.2. The zero-order valence-electron chi connectivity index (χ0n) is 18.6. The van der Waals surface area contributed by atoms with Gasteiger partial charge in [0, 0.05) is 6.61 Å². The first-order valence-corrected chi connectivity index (χ1v) is 12.1. The number of ether oxygens (including phenoxy) is 2. The molecule has 1 saturated heterocycles. The van der Waals surface area contributed by atoms with Gasteiger partial charge in [0.1, 0.15) is 24.4 Å². The summed E-state index contributed by atoms with van der Waals surface area (Å²) in [6, 6.07) is 0. The summed E-state index contributed by atoms with van der Waals surface area (Å²) in [4.78, 5) is 0. The monoisotopic (exact) mass is 414 g/mol. The molecule has 0 aromatic heterocycles. The van der Waals surface area contributed by atoms with E-state index in [1.807, 2.05) is 0 Å². The van der Waals surface area contributed by atoms with Gasteiger partial charge in [-0.1, -0.05) is 83.3 Å². The molecule has 0 spiro atoms. The Bertz CT molecular complexity index is 387. The molecule has 29 heavy (non-hydrogen) atoms. The third kappa shape index (κ3) is 12.7. The molecule has 0 aromatic carbocycles. The number of aliphatic hydroxyl groups is 3. The Kier molecular flexibility index (Phi) is 16.8. The van der Waals surface area contributed by atoms with E-state index in [1.54, 1.807) is 0 Å². The number of aliphatic hydroxyl groups excluding tert-OH is 3. The van der Waals surface area contributed by atoms with Crippen LogP contribution in [-0.2, 0) is 9.47 Å². The number of unbranched alkanes of at least 4 members (excludes halogenated alkanes) is 12. The van der Waals surface area contributed by atoms with Crippen LogP contribution in [0.1, 0.15) is 96.8 Å². The lowest BCUT2D eigenvalue weighted by molar-refractivity contribution is -0.208. The van der Waals surface area contributed by atoms with Gasteiger partial charge in [-0.3, -0.25) is 0 Å². The molecular formula is C24H46O5. The molecule has 0 radical (unpaired) electrons. The molecule has 0 saturated carbocycles. The van der Waals surface area contributed by atoms with Crippen LogP contribution >= 0.6 is 0 Å². The van der Waals surface area contributed by atoms with Crippen LogP contribution < -0.4 is 0 Å². The molecule has 5 nitrogen and oxygen atoms in total. The van der Waals surface area contributed by atoms with Crippen molar-refractivity contribution in [1.82, 2.24) is 0 Å². The maximum atomic E-state index is 10.0. The fourth-order valence-corrected chi connectivity index (χ4v) is 3.81. The van der Waals surface area contributed by atoms with Gasteiger partial charge in [0.15, 0.2) is 0 Å². The highest BCUT2D eigenvalue weighted by molar-refractivity contribution is 4.87. The fourth-order valence-electron chi connectivity index (χ4n) is 3.81. The molecule has 1 aliphatic heterocycles. The molecule has 0 unspecified atom stereocenters. The van der Waals surface area contributed by atoms with Crippen LogP contribution in [0.15, 0.2) is 12.2 Å². The van der Waals surface area contributed by atoms with Crippen LogP contribution in [0.25, 0.3) is 0 Å². The third-order valence-electron chi connectivity index (χ3n) is 5.77. The first-order valence-electron chi connectivity index (χ1n) is 12.1. The smallest absolute Gasteiger partial charge is 0.111 e. The van der Waals surface area contributed by atoms with Crippen molar-refractivity contribution in [2.45, 2.75) is 121 Å². The second-order valence-corrected chi connectivity index (χ2v) is 8.36. The molecule has 5 heteroatoms. The van der Waals surface area contributed by atoms with E-state index in [4.69, 9.17) is 14.6 Å². The van der Waals surface area contributed by atoms with Gasteiger partial charge in [0.25, 0.3) is 0 Å². The fraction of sp³-hybridized carbons (Fsp3) is 0.917. The topological polar surface area (TPSA) is 79.2 Å². The zero-order chi connectivity index (χ0) is 21.2. The van der Waals surface area contributed by atoms with Crippen LogP contribution in [0.2, 0.25) is 0 Å². The second kappa shape index (κ2) is 18.3. The molecule has 0 aliphatic carbocycles. The highest BCUT2D eigenvalue weighted by atomic mass is 16.6. The van der Waals surface area contributed by atoms with Gasteiger partial charge < -0.3 is 24.8 Å². The lowest BCUT2D eigenvalue weighted by Gasteiger charge is -2.36. The van der Waals surface area contributed by atoms with Crippen molar-refractivity contribution in [2.75, 3.05) is 19.8 Å². The Morgan fingerprint density at radius 2 is 1.34 bits per heavy atom. The predicted octanol–water partition coefficient (Wildman–Crippen LogP) is 4.52. The molecule has 0 bridgehead atoms. The van der Waals surface area contributed by atoms with Crippen molar-refractivity contribution >= 4 is 0 Å². The summed E-state index contributed by atoms with van der Waals surface area (Å²) < 4.78 is 11.0. The number of rotatable bonds is 18. The van der Waals surface area contributed by atoms with Gasteiger partial charge in [0.05, 0.1) is 13.2 Å². The van der Waals surface area contributed by atoms with Gasteiger partial charge in [0.2, 0.25) is 0 Å². The highest BCUT2D eigenvalue weighted by Gasteiger charge is 2.38. The molecule has 1 rings (SSSR count). The van der Waals surface area contributed by atoms with Crippen LogP contribution in [0.4, 0.5) is 0 Å². The molecule has 1 fully saturated rings. The Morgan fingerprint density at radius 3 is 1.90 bits per heavy atom. The molecule has 1 heterocycles. The van der Waals surface area contributed by atoms with E-state index in [-0.39, 0.29) is 13.2 Å². The molecule has 172 valence electrons. The first kappa shape index (κ1) is 26.6. The maximum absolute atomic E-state index is 10.0. The van der Waals surface area contributed by atoms with Crippen LogP contribution in [0, 0.1) is 0 Å². The standard InChI is InChI=1S/C24H46O5/c1-2-3-4-5-6-7-8-9-10-11-12-13-14-15-16-17-18-28-22-20-29-21(19-25)23(26)24(22)27/h3-4,21-27H,2,5-20H2,1H3/b4-3+/t21-,22+,23-,24-/m1/s1.